The molecular formula is C25H32N2O7. The number of methoxy groups -OCH3 is 3. The van der Waals surface area contributed by atoms with E-state index in [1.54, 1.807) is 34.1 Å². The minimum absolute atomic E-state index is 0.266. The van der Waals surface area contributed by atoms with E-state index in [4.69, 9.17) is 18.9 Å². The fourth-order valence-electron chi connectivity index (χ4n) is 3.17. The van der Waals surface area contributed by atoms with E-state index in [1.165, 1.54) is 31.3 Å². The fourth-order valence-corrected chi connectivity index (χ4v) is 3.17. The Bertz CT molecular complexity index is 984. The lowest BCUT2D eigenvalue weighted by molar-refractivity contribution is -0.154. The van der Waals surface area contributed by atoms with Crippen molar-refractivity contribution >= 4 is 17.8 Å². The third kappa shape index (κ3) is 7.13. The van der Waals surface area contributed by atoms with E-state index in [-0.39, 0.29) is 17.4 Å². The lowest BCUT2D eigenvalue weighted by Crippen LogP contribution is -2.46. The minimum atomic E-state index is -0.947. The molecule has 1 atom stereocenters. The second-order valence-corrected chi connectivity index (χ2v) is 7.97. The minimum Gasteiger partial charge on any atom is -0.497 e. The first-order valence-electron chi connectivity index (χ1n) is 10.8. The highest BCUT2D eigenvalue weighted by Gasteiger charge is 2.27. The summed E-state index contributed by atoms with van der Waals surface area (Å²) in [5.41, 5.74) is 1.09. The van der Waals surface area contributed by atoms with Gasteiger partial charge in [-0.05, 0) is 24.1 Å². The Balaban J connectivity index is 2.00. The third-order valence-corrected chi connectivity index (χ3v) is 5.18. The molecule has 0 bridgehead atoms. The Labute approximate surface area is 199 Å². The predicted molar refractivity (Wildman–Crippen MR) is 126 cm³/mol. The zero-order chi connectivity index (χ0) is 25.3. The van der Waals surface area contributed by atoms with Gasteiger partial charge in [-0.2, -0.15) is 0 Å². The van der Waals surface area contributed by atoms with Crippen molar-refractivity contribution in [2.24, 2.45) is 5.92 Å². The first-order chi connectivity index (χ1) is 16.2. The zero-order valence-electron chi connectivity index (χ0n) is 20.4. The van der Waals surface area contributed by atoms with Gasteiger partial charge in [-0.1, -0.05) is 32.0 Å². The molecule has 2 aromatic carbocycles. The number of carbonyl (C=O) groups excluding carboxylic acids is 3. The van der Waals surface area contributed by atoms with E-state index in [1.807, 2.05) is 24.3 Å². The average Bonchev–Trinajstić information content (AvgIpc) is 2.84. The molecule has 2 amide bonds. The van der Waals surface area contributed by atoms with Crippen LogP contribution >= 0.6 is 0 Å². The van der Waals surface area contributed by atoms with E-state index >= 15 is 0 Å². The summed E-state index contributed by atoms with van der Waals surface area (Å²) >= 11 is 0. The number of nitrogens with one attached hydrogen (secondary N) is 1. The van der Waals surface area contributed by atoms with Crippen LogP contribution in [0, 0.1) is 5.92 Å². The molecule has 1 N–H and O–H groups in total. The molecule has 34 heavy (non-hydrogen) atoms. The van der Waals surface area contributed by atoms with Crippen molar-refractivity contribution in [3.63, 3.8) is 0 Å². The highest BCUT2D eigenvalue weighted by atomic mass is 16.5. The summed E-state index contributed by atoms with van der Waals surface area (Å²) in [7, 11) is 6.13. The Morgan fingerprint density at radius 3 is 2.12 bits per heavy atom. The quantitative estimate of drug-likeness (QED) is 0.502. The van der Waals surface area contributed by atoms with Gasteiger partial charge in [0.1, 0.15) is 23.3 Å². The number of amides is 2. The second kappa shape index (κ2) is 12.5. The number of benzene rings is 2. The highest BCUT2D eigenvalue weighted by molar-refractivity contribution is 5.97. The molecule has 0 aliphatic rings. The van der Waals surface area contributed by atoms with Gasteiger partial charge >= 0.3 is 5.97 Å². The molecular weight excluding hydrogens is 440 g/mol. The summed E-state index contributed by atoms with van der Waals surface area (Å²) < 4.78 is 20.9. The van der Waals surface area contributed by atoms with Crippen LogP contribution in [0.2, 0.25) is 0 Å². The molecule has 184 valence electrons. The maximum atomic E-state index is 12.8. The lowest BCUT2D eigenvalue weighted by atomic mass is 10.0. The van der Waals surface area contributed by atoms with Crippen LogP contribution in [-0.4, -0.2) is 63.7 Å². The van der Waals surface area contributed by atoms with Crippen molar-refractivity contribution in [3.8, 4) is 17.2 Å². The summed E-state index contributed by atoms with van der Waals surface area (Å²) in [4.78, 5) is 39.5. The molecule has 9 heteroatoms. The molecule has 0 radical (unpaired) electrons. The zero-order valence-corrected chi connectivity index (χ0v) is 20.4. The number of nitrogens with zero attached hydrogens (tertiary/aromatic N) is 1. The molecule has 9 nitrogen and oxygen atoms in total. The summed E-state index contributed by atoms with van der Waals surface area (Å²) in [5.74, 6) is -0.301. The van der Waals surface area contributed by atoms with Gasteiger partial charge in [0.15, 0.2) is 6.61 Å². The number of likely N-dealkylation sites (N-methyl/N-ethyl adjacent to an activating group) is 1. The molecule has 1 unspecified atom stereocenters. The van der Waals surface area contributed by atoms with Crippen molar-refractivity contribution in [3.05, 3.63) is 53.6 Å². The Hall–Kier alpha value is -3.75. The molecule has 0 aromatic heterocycles. The van der Waals surface area contributed by atoms with Gasteiger partial charge < -0.3 is 29.2 Å². The second-order valence-electron chi connectivity index (χ2n) is 7.97. The number of rotatable bonds is 11. The Morgan fingerprint density at radius 1 is 0.941 bits per heavy atom. The first-order valence-corrected chi connectivity index (χ1v) is 10.8. The van der Waals surface area contributed by atoms with Crippen LogP contribution in [-0.2, 0) is 20.9 Å². The van der Waals surface area contributed by atoms with Crippen molar-refractivity contribution in [1.82, 2.24) is 10.2 Å². The first kappa shape index (κ1) is 26.5. The van der Waals surface area contributed by atoms with Crippen molar-refractivity contribution < 1.29 is 33.3 Å². The smallest absolute Gasteiger partial charge is 0.329 e. The van der Waals surface area contributed by atoms with Crippen LogP contribution in [0.3, 0.4) is 0 Å². The van der Waals surface area contributed by atoms with Crippen LogP contribution in [0.15, 0.2) is 42.5 Å². The maximum absolute atomic E-state index is 12.8. The summed E-state index contributed by atoms with van der Waals surface area (Å²) in [6.07, 6.45) is 0. The molecule has 0 saturated heterocycles. The van der Waals surface area contributed by atoms with E-state index in [0.717, 1.165) is 5.56 Å². The monoisotopic (exact) mass is 472 g/mol. The van der Waals surface area contributed by atoms with E-state index in [9.17, 15) is 14.4 Å². The van der Waals surface area contributed by atoms with Crippen LogP contribution in [0.25, 0.3) is 0 Å². The largest absolute Gasteiger partial charge is 0.497 e. The molecule has 0 aliphatic heterocycles. The van der Waals surface area contributed by atoms with Crippen LogP contribution < -0.4 is 19.5 Å². The van der Waals surface area contributed by atoms with E-state index in [0.29, 0.717) is 23.8 Å². The lowest BCUT2D eigenvalue weighted by Gasteiger charge is -2.22. The van der Waals surface area contributed by atoms with Gasteiger partial charge in [0.2, 0.25) is 0 Å². The van der Waals surface area contributed by atoms with Crippen molar-refractivity contribution in [2.75, 3.05) is 35.0 Å². The number of carbonyl (C=O) groups is 3. The van der Waals surface area contributed by atoms with Crippen LogP contribution in [0.4, 0.5) is 0 Å². The standard InChI is InChI=1S/C25H32N2O7/c1-16(2)23(26-24(29)18-11-19(31-4)13-20(12-18)32-5)25(30)34-15-22(28)27(3)14-17-9-7-8-10-21(17)33-6/h7-13,16,23H,14-15H2,1-6H3,(H,26,29). The summed E-state index contributed by atoms with van der Waals surface area (Å²) in [6, 6.07) is 11.1. The fraction of sp³-hybridized carbons (Fsp3) is 0.400. The van der Waals surface area contributed by atoms with Gasteiger partial charge in [0.05, 0.1) is 21.3 Å². The van der Waals surface area contributed by atoms with Gasteiger partial charge in [-0.25, -0.2) is 4.79 Å². The SMILES string of the molecule is COc1cc(OC)cc(C(=O)NC(C(=O)OCC(=O)N(C)Cc2ccccc2OC)C(C)C)c1. The molecule has 2 rings (SSSR count). The van der Waals surface area contributed by atoms with Crippen molar-refractivity contribution in [2.45, 2.75) is 26.4 Å². The number of esters is 1. The molecule has 0 spiro atoms. The summed E-state index contributed by atoms with van der Waals surface area (Å²) in [6.45, 7) is 3.39. The number of hydrogen-bond acceptors (Lipinski definition) is 7. The molecule has 0 fully saturated rings. The highest BCUT2D eigenvalue weighted by Crippen LogP contribution is 2.23. The van der Waals surface area contributed by atoms with Gasteiger partial charge in [0, 0.05) is 30.8 Å². The van der Waals surface area contributed by atoms with E-state index in [2.05, 4.69) is 5.32 Å². The third-order valence-electron chi connectivity index (χ3n) is 5.18. The average molecular weight is 473 g/mol. The van der Waals surface area contributed by atoms with Crippen LogP contribution in [0.5, 0.6) is 17.2 Å². The molecule has 0 saturated carbocycles. The molecule has 2 aromatic rings. The maximum Gasteiger partial charge on any atom is 0.329 e. The Kier molecular flexibility index (Phi) is 9.73. The predicted octanol–water partition coefficient (Wildman–Crippen LogP) is 2.67. The van der Waals surface area contributed by atoms with Gasteiger partial charge in [0.25, 0.3) is 11.8 Å². The van der Waals surface area contributed by atoms with Gasteiger partial charge in [-0.3, -0.25) is 9.59 Å². The number of ether oxygens (including phenoxy) is 4. The summed E-state index contributed by atoms with van der Waals surface area (Å²) in [5, 5.41) is 2.68. The van der Waals surface area contributed by atoms with Gasteiger partial charge in [-0.15, -0.1) is 0 Å². The molecule has 0 heterocycles. The normalized spacial score (nSPS) is 11.4. The van der Waals surface area contributed by atoms with E-state index < -0.39 is 24.5 Å². The number of hydrogen-bond donors (Lipinski definition) is 1. The van der Waals surface area contributed by atoms with Crippen molar-refractivity contribution in [1.29, 1.82) is 0 Å². The van der Waals surface area contributed by atoms with Crippen LogP contribution in [0.1, 0.15) is 29.8 Å². The topological polar surface area (TPSA) is 103 Å². The molecule has 0 aliphatic carbocycles. The number of para-hydroxylation sites is 1. The Morgan fingerprint density at radius 2 is 1.56 bits per heavy atom.